The summed E-state index contributed by atoms with van der Waals surface area (Å²) < 4.78 is 1.73. The Hall–Kier alpha value is -2.73. The maximum Gasteiger partial charge on any atom is 0.249 e. The molecule has 5 rings (SSSR count). The summed E-state index contributed by atoms with van der Waals surface area (Å²) in [4.78, 5) is 19.0. The highest BCUT2D eigenvalue weighted by Crippen LogP contribution is 2.30. The van der Waals surface area contributed by atoms with Crippen LogP contribution in [0.4, 0.5) is 5.95 Å². The van der Waals surface area contributed by atoms with Crippen molar-refractivity contribution in [3.05, 3.63) is 48.2 Å². The summed E-state index contributed by atoms with van der Waals surface area (Å²) in [5.74, 6) is 0.544. The Bertz CT molecular complexity index is 968. The van der Waals surface area contributed by atoms with Gasteiger partial charge in [-0.3, -0.25) is 15.0 Å². The topological polar surface area (TPSA) is 62.5 Å². The lowest BCUT2D eigenvalue weighted by atomic mass is 10.0. The van der Waals surface area contributed by atoms with Crippen LogP contribution in [-0.2, 0) is 11.3 Å². The number of rotatable bonds is 5. The quantitative estimate of drug-likeness (QED) is 0.757. The smallest absolute Gasteiger partial charge is 0.249 e. The highest BCUT2D eigenvalue weighted by molar-refractivity contribution is 5.93. The number of fused-ring (bicyclic) bond motifs is 1. The Morgan fingerprint density at radius 2 is 1.89 bits per heavy atom. The average Bonchev–Trinajstić information content (AvgIpc) is 3.26. The molecular weight excluding hydrogens is 338 g/mol. The Balaban J connectivity index is 1.40. The van der Waals surface area contributed by atoms with Crippen LogP contribution in [0.15, 0.2) is 42.6 Å². The van der Waals surface area contributed by atoms with E-state index in [4.69, 9.17) is 0 Å². The number of hydrogen-bond acceptors (Lipinski definition) is 4. The van der Waals surface area contributed by atoms with E-state index in [2.05, 4.69) is 44.6 Å². The molecule has 0 radical (unpaired) electrons. The molecule has 1 saturated carbocycles. The number of pyridine rings is 1. The first kappa shape index (κ1) is 16.4. The number of nitrogens with zero attached hydrogens (tertiary/aromatic N) is 4. The molecule has 0 atom stereocenters. The predicted octanol–water partition coefficient (Wildman–Crippen LogP) is 3.34. The Labute approximate surface area is 158 Å². The molecule has 2 aliphatic rings. The molecule has 3 aromatic rings. The van der Waals surface area contributed by atoms with Crippen LogP contribution >= 0.6 is 0 Å². The predicted molar refractivity (Wildman–Crippen MR) is 104 cm³/mol. The van der Waals surface area contributed by atoms with E-state index in [1.165, 1.54) is 31.5 Å². The van der Waals surface area contributed by atoms with Crippen molar-refractivity contribution in [1.29, 1.82) is 0 Å². The molecule has 1 N–H and O–H groups in total. The maximum absolute atomic E-state index is 12.0. The summed E-state index contributed by atoms with van der Waals surface area (Å²) in [6.07, 6.45) is 6.42. The third kappa shape index (κ3) is 3.45. The van der Waals surface area contributed by atoms with Crippen molar-refractivity contribution in [2.75, 3.05) is 18.4 Å². The van der Waals surface area contributed by atoms with Gasteiger partial charge in [0.05, 0.1) is 0 Å². The molecule has 1 aliphatic heterocycles. The minimum Gasteiger partial charge on any atom is -0.299 e. The Kier molecular flexibility index (Phi) is 4.13. The Morgan fingerprint density at radius 3 is 2.63 bits per heavy atom. The van der Waals surface area contributed by atoms with Crippen LogP contribution in [0.1, 0.15) is 31.2 Å². The van der Waals surface area contributed by atoms with Crippen molar-refractivity contribution < 1.29 is 4.79 Å². The highest BCUT2D eigenvalue weighted by Gasteiger charge is 2.30. The number of benzene rings is 1. The second-order valence-corrected chi connectivity index (χ2v) is 7.57. The lowest BCUT2D eigenvalue weighted by molar-refractivity contribution is -0.117. The third-order valence-electron chi connectivity index (χ3n) is 5.42. The molecular formula is C21H23N5O. The zero-order valence-electron chi connectivity index (χ0n) is 15.3. The second-order valence-electron chi connectivity index (χ2n) is 7.57. The fourth-order valence-electron chi connectivity index (χ4n) is 3.73. The largest absolute Gasteiger partial charge is 0.299 e. The number of carbonyl (C=O) groups excluding carboxylic acids is 1. The zero-order valence-corrected chi connectivity index (χ0v) is 15.3. The van der Waals surface area contributed by atoms with E-state index in [0.29, 0.717) is 5.95 Å². The van der Waals surface area contributed by atoms with Gasteiger partial charge in [-0.15, -0.1) is 5.10 Å². The minimum atomic E-state index is 0.0266. The van der Waals surface area contributed by atoms with Crippen molar-refractivity contribution in [3.8, 4) is 11.1 Å². The molecule has 2 aromatic heterocycles. The second kappa shape index (κ2) is 6.78. The van der Waals surface area contributed by atoms with E-state index in [1.807, 2.05) is 18.3 Å². The molecule has 6 heteroatoms. The number of amides is 1. The van der Waals surface area contributed by atoms with Crippen LogP contribution in [0.25, 0.3) is 16.8 Å². The van der Waals surface area contributed by atoms with Crippen LogP contribution in [-0.4, -0.2) is 38.5 Å². The van der Waals surface area contributed by atoms with E-state index in [-0.39, 0.29) is 11.8 Å². The van der Waals surface area contributed by atoms with Gasteiger partial charge in [0, 0.05) is 24.2 Å². The number of nitrogens with one attached hydrogen (secondary N) is 1. The molecule has 1 saturated heterocycles. The number of anilines is 1. The lowest BCUT2D eigenvalue weighted by Crippen LogP contribution is -2.18. The maximum atomic E-state index is 12.0. The standard InChI is InChI=1S/C21H23N5O/c27-20(17-9-10-17)23-21-22-19-18(4-3-13-26(19)24-21)16-7-5-15(6-8-16)14-25-11-1-2-12-25/h3-8,13,17H,1-2,9-12,14H2,(H,23,24,27). The molecule has 0 bridgehead atoms. The molecule has 1 amide bonds. The summed E-state index contributed by atoms with van der Waals surface area (Å²) in [6.45, 7) is 3.43. The molecule has 0 unspecified atom stereocenters. The first-order chi connectivity index (χ1) is 13.3. The fraction of sp³-hybridized carbons (Fsp3) is 0.381. The summed E-state index contributed by atoms with van der Waals surface area (Å²) in [7, 11) is 0. The monoisotopic (exact) mass is 361 g/mol. The van der Waals surface area contributed by atoms with Crippen LogP contribution in [0.5, 0.6) is 0 Å². The van der Waals surface area contributed by atoms with E-state index >= 15 is 0 Å². The molecule has 1 aromatic carbocycles. The third-order valence-corrected chi connectivity index (χ3v) is 5.42. The molecule has 1 aliphatic carbocycles. The molecule has 2 fully saturated rings. The van der Waals surface area contributed by atoms with Gasteiger partial charge in [-0.25, -0.2) is 4.52 Å². The van der Waals surface area contributed by atoms with Gasteiger partial charge in [-0.2, -0.15) is 4.98 Å². The molecule has 0 spiro atoms. The number of aromatic nitrogens is 3. The van der Waals surface area contributed by atoms with Crippen LogP contribution in [0.3, 0.4) is 0 Å². The van der Waals surface area contributed by atoms with Crippen molar-refractivity contribution >= 4 is 17.5 Å². The summed E-state index contributed by atoms with van der Waals surface area (Å²) in [5.41, 5.74) is 4.23. The first-order valence-electron chi connectivity index (χ1n) is 9.74. The fourth-order valence-corrected chi connectivity index (χ4v) is 3.73. The van der Waals surface area contributed by atoms with Gasteiger partial charge in [0.15, 0.2) is 5.65 Å². The van der Waals surface area contributed by atoms with Crippen LogP contribution in [0, 0.1) is 5.92 Å². The van der Waals surface area contributed by atoms with E-state index in [0.717, 1.165) is 36.2 Å². The van der Waals surface area contributed by atoms with Gasteiger partial charge in [-0.05, 0) is 62.0 Å². The summed E-state index contributed by atoms with van der Waals surface area (Å²) in [6, 6.07) is 12.7. The molecule has 138 valence electrons. The van der Waals surface area contributed by atoms with Crippen molar-refractivity contribution in [2.24, 2.45) is 5.92 Å². The number of carbonyl (C=O) groups is 1. The number of hydrogen-bond donors (Lipinski definition) is 1. The number of likely N-dealkylation sites (tertiary alicyclic amines) is 1. The summed E-state index contributed by atoms with van der Waals surface area (Å²) >= 11 is 0. The van der Waals surface area contributed by atoms with Gasteiger partial charge in [-0.1, -0.05) is 24.3 Å². The Morgan fingerprint density at radius 1 is 1.11 bits per heavy atom. The van der Waals surface area contributed by atoms with Crippen molar-refractivity contribution in [2.45, 2.75) is 32.2 Å². The lowest BCUT2D eigenvalue weighted by Gasteiger charge is -2.14. The van der Waals surface area contributed by atoms with Crippen LogP contribution < -0.4 is 5.32 Å². The normalized spacial score (nSPS) is 17.5. The average molecular weight is 361 g/mol. The van der Waals surface area contributed by atoms with Gasteiger partial charge in [0.2, 0.25) is 11.9 Å². The van der Waals surface area contributed by atoms with Crippen molar-refractivity contribution in [3.63, 3.8) is 0 Å². The molecule has 27 heavy (non-hydrogen) atoms. The van der Waals surface area contributed by atoms with Gasteiger partial charge >= 0.3 is 0 Å². The molecule has 3 heterocycles. The minimum absolute atomic E-state index is 0.0266. The summed E-state index contributed by atoms with van der Waals surface area (Å²) in [5, 5.41) is 7.24. The molecule has 6 nitrogen and oxygen atoms in total. The van der Waals surface area contributed by atoms with Gasteiger partial charge < -0.3 is 0 Å². The first-order valence-corrected chi connectivity index (χ1v) is 9.74. The van der Waals surface area contributed by atoms with Crippen molar-refractivity contribution in [1.82, 2.24) is 19.5 Å². The van der Waals surface area contributed by atoms with Gasteiger partial charge in [0.25, 0.3) is 0 Å². The van der Waals surface area contributed by atoms with Crippen LogP contribution in [0.2, 0.25) is 0 Å². The zero-order chi connectivity index (χ0) is 18.2. The SMILES string of the molecule is O=C(Nc1nc2c(-c3ccc(CN4CCCC4)cc3)cccn2n1)C1CC1. The van der Waals surface area contributed by atoms with E-state index < -0.39 is 0 Å². The highest BCUT2D eigenvalue weighted by atomic mass is 16.2. The van der Waals surface area contributed by atoms with E-state index in [9.17, 15) is 4.79 Å². The van der Waals surface area contributed by atoms with E-state index in [1.54, 1.807) is 4.52 Å². The van der Waals surface area contributed by atoms with Gasteiger partial charge in [0.1, 0.15) is 0 Å².